The number of halogens is 2. The van der Waals surface area contributed by atoms with Crippen LogP contribution < -0.4 is 0 Å². The van der Waals surface area contributed by atoms with Crippen LogP contribution in [0, 0.1) is 0 Å². The smallest absolute Gasteiger partial charge is 0.338 e. The normalized spacial score (nSPS) is 34.7. The summed E-state index contributed by atoms with van der Waals surface area (Å²) in [5.41, 5.74) is 0.688. The highest BCUT2D eigenvalue weighted by atomic mass is 35.5. The maximum atomic E-state index is 11.9. The zero-order valence-corrected chi connectivity index (χ0v) is 12.3. The van der Waals surface area contributed by atoms with E-state index in [1.807, 2.05) is 6.08 Å². The quantitative estimate of drug-likeness (QED) is 0.594. The summed E-state index contributed by atoms with van der Waals surface area (Å²) in [5.74, 6) is -0.452. The first-order chi connectivity index (χ1) is 9.04. The lowest BCUT2D eigenvalue weighted by molar-refractivity contribution is -0.156. The molecule has 0 radical (unpaired) electrons. The monoisotopic (exact) mass is 306 g/mol. The summed E-state index contributed by atoms with van der Waals surface area (Å²) in [4.78, 5) is 11.9. The summed E-state index contributed by atoms with van der Waals surface area (Å²) < 4.78 is 16.1. The maximum absolute atomic E-state index is 11.9. The van der Waals surface area contributed by atoms with Crippen molar-refractivity contribution in [3.8, 4) is 0 Å². The second-order valence-corrected chi connectivity index (χ2v) is 5.28. The van der Waals surface area contributed by atoms with Gasteiger partial charge in [-0.05, 0) is 31.9 Å². The Balaban J connectivity index is 2.26. The number of carbonyl (C=O) groups excluding carboxylic acids is 1. The fourth-order valence-electron chi connectivity index (χ4n) is 2.21. The lowest BCUT2D eigenvalue weighted by Gasteiger charge is -2.24. The molecule has 4 atom stereocenters. The number of ether oxygens (including phenoxy) is 3. The molecule has 2 unspecified atom stereocenters. The minimum atomic E-state index is -0.813. The first-order valence-corrected chi connectivity index (χ1v) is 7.03. The Morgan fingerprint density at radius 1 is 1.53 bits per heavy atom. The molecule has 0 saturated carbocycles. The van der Waals surface area contributed by atoms with Crippen LogP contribution in [-0.4, -0.2) is 36.5 Å². The second-order valence-electron chi connectivity index (χ2n) is 4.34. The lowest BCUT2D eigenvalue weighted by atomic mass is 9.95. The van der Waals surface area contributed by atoms with E-state index in [1.54, 1.807) is 19.9 Å². The van der Waals surface area contributed by atoms with Crippen molar-refractivity contribution >= 4 is 29.2 Å². The SMILES string of the molecule is CCOC(=O)[C@H]1OC(C)O[C@@H]1C1=C(Cl)C=CCC1Cl. The highest BCUT2D eigenvalue weighted by molar-refractivity contribution is 6.33. The van der Waals surface area contributed by atoms with Gasteiger partial charge >= 0.3 is 5.97 Å². The molecule has 0 spiro atoms. The molecule has 4 nitrogen and oxygen atoms in total. The third kappa shape index (κ3) is 3.14. The van der Waals surface area contributed by atoms with E-state index in [-0.39, 0.29) is 12.0 Å². The van der Waals surface area contributed by atoms with E-state index in [2.05, 4.69) is 0 Å². The van der Waals surface area contributed by atoms with E-state index in [4.69, 9.17) is 37.4 Å². The number of hydrogen-bond donors (Lipinski definition) is 0. The minimum absolute atomic E-state index is 0.288. The van der Waals surface area contributed by atoms with E-state index >= 15 is 0 Å². The van der Waals surface area contributed by atoms with Crippen molar-refractivity contribution in [3.05, 3.63) is 22.8 Å². The highest BCUT2D eigenvalue weighted by Crippen LogP contribution is 2.36. The Morgan fingerprint density at radius 2 is 2.26 bits per heavy atom. The van der Waals surface area contributed by atoms with Crippen molar-refractivity contribution in [2.75, 3.05) is 6.61 Å². The number of rotatable bonds is 3. The van der Waals surface area contributed by atoms with E-state index in [1.165, 1.54) is 0 Å². The molecule has 1 aliphatic heterocycles. The summed E-state index contributed by atoms with van der Waals surface area (Å²) in [6, 6.07) is 0. The lowest BCUT2D eigenvalue weighted by Crippen LogP contribution is -2.37. The number of esters is 1. The van der Waals surface area contributed by atoms with Gasteiger partial charge in [-0.25, -0.2) is 4.79 Å². The van der Waals surface area contributed by atoms with Crippen molar-refractivity contribution in [2.45, 2.75) is 44.1 Å². The molecule has 1 fully saturated rings. The molecule has 0 N–H and O–H groups in total. The summed E-state index contributed by atoms with van der Waals surface area (Å²) in [6.45, 7) is 3.76. The van der Waals surface area contributed by atoms with Crippen molar-refractivity contribution < 1.29 is 19.0 Å². The van der Waals surface area contributed by atoms with Gasteiger partial charge in [0.2, 0.25) is 0 Å². The average Bonchev–Trinajstić information content (AvgIpc) is 2.71. The van der Waals surface area contributed by atoms with Gasteiger partial charge in [-0.2, -0.15) is 0 Å². The van der Waals surface area contributed by atoms with Crippen LogP contribution in [0.2, 0.25) is 0 Å². The Bertz CT molecular complexity index is 419. The summed E-state index contributed by atoms with van der Waals surface area (Å²) >= 11 is 12.4. The van der Waals surface area contributed by atoms with E-state index < -0.39 is 24.5 Å². The number of hydrogen-bond acceptors (Lipinski definition) is 4. The highest BCUT2D eigenvalue weighted by Gasteiger charge is 2.44. The molecular formula is C13H16Cl2O4. The summed E-state index contributed by atoms with van der Waals surface area (Å²) in [5, 5.41) is 0.205. The van der Waals surface area contributed by atoms with Gasteiger partial charge < -0.3 is 14.2 Å². The molecule has 106 valence electrons. The fraction of sp³-hybridized carbons (Fsp3) is 0.615. The topological polar surface area (TPSA) is 44.8 Å². The van der Waals surface area contributed by atoms with Gasteiger partial charge in [-0.1, -0.05) is 17.7 Å². The van der Waals surface area contributed by atoms with Gasteiger partial charge in [-0.15, -0.1) is 11.6 Å². The van der Waals surface area contributed by atoms with Gasteiger partial charge in [0.15, 0.2) is 12.4 Å². The Labute approximate surface area is 122 Å². The molecule has 0 aromatic rings. The minimum Gasteiger partial charge on any atom is -0.464 e. The van der Waals surface area contributed by atoms with Crippen LogP contribution in [0.5, 0.6) is 0 Å². The molecule has 0 aromatic carbocycles. The summed E-state index contributed by atoms with van der Waals surface area (Å²) in [6.07, 6.45) is 2.41. The average molecular weight is 307 g/mol. The van der Waals surface area contributed by atoms with Gasteiger partial charge in [-0.3, -0.25) is 0 Å². The maximum Gasteiger partial charge on any atom is 0.338 e. The molecule has 1 saturated heterocycles. The molecule has 1 aliphatic carbocycles. The second kappa shape index (κ2) is 6.27. The molecule has 1 heterocycles. The number of allylic oxidation sites excluding steroid dienone is 3. The van der Waals surface area contributed by atoms with Crippen LogP contribution in [0.4, 0.5) is 0 Å². The van der Waals surface area contributed by atoms with Crippen LogP contribution >= 0.6 is 23.2 Å². The van der Waals surface area contributed by atoms with Crippen molar-refractivity contribution in [2.24, 2.45) is 0 Å². The zero-order valence-electron chi connectivity index (χ0n) is 10.8. The summed E-state index contributed by atoms with van der Waals surface area (Å²) in [7, 11) is 0. The molecule has 19 heavy (non-hydrogen) atoms. The van der Waals surface area contributed by atoms with Crippen LogP contribution in [0.25, 0.3) is 0 Å². The molecule has 2 rings (SSSR count). The van der Waals surface area contributed by atoms with Gasteiger partial charge in [0.05, 0.1) is 12.0 Å². The van der Waals surface area contributed by atoms with Crippen molar-refractivity contribution in [1.29, 1.82) is 0 Å². The first-order valence-electron chi connectivity index (χ1n) is 6.22. The molecule has 0 bridgehead atoms. The van der Waals surface area contributed by atoms with Crippen molar-refractivity contribution in [3.63, 3.8) is 0 Å². The van der Waals surface area contributed by atoms with Crippen LogP contribution in [0.1, 0.15) is 20.3 Å². The standard InChI is InChI=1S/C13H16Cl2O4/c1-3-17-13(16)12-11(18-7(2)19-12)10-8(14)5-4-6-9(10)15/h4-5,7,9,11-12H,3,6H2,1-2H3/t7?,9?,11-,12+/m1/s1. The predicted molar refractivity (Wildman–Crippen MR) is 72.1 cm³/mol. The van der Waals surface area contributed by atoms with E-state index in [0.29, 0.717) is 17.0 Å². The molecular weight excluding hydrogens is 291 g/mol. The van der Waals surface area contributed by atoms with E-state index in [9.17, 15) is 4.79 Å². The van der Waals surface area contributed by atoms with E-state index in [0.717, 1.165) is 0 Å². The largest absolute Gasteiger partial charge is 0.464 e. The van der Waals surface area contributed by atoms with Gasteiger partial charge in [0.1, 0.15) is 6.10 Å². The van der Waals surface area contributed by atoms with Gasteiger partial charge in [0.25, 0.3) is 0 Å². The van der Waals surface area contributed by atoms with Crippen molar-refractivity contribution in [1.82, 2.24) is 0 Å². The first kappa shape index (κ1) is 14.9. The number of alkyl halides is 1. The molecule has 6 heteroatoms. The Morgan fingerprint density at radius 3 is 2.89 bits per heavy atom. The number of carbonyl (C=O) groups is 1. The zero-order chi connectivity index (χ0) is 14.0. The Hall–Kier alpha value is -0.550. The third-order valence-corrected chi connectivity index (χ3v) is 3.75. The fourth-order valence-corrected chi connectivity index (χ4v) is 2.93. The van der Waals surface area contributed by atoms with Crippen LogP contribution in [0.3, 0.4) is 0 Å². The third-order valence-electron chi connectivity index (χ3n) is 3.00. The van der Waals surface area contributed by atoms with Crippen LogP contribution in [0.15, 0.2) is 22.8 Å². The molecule has 0 amide bonds. The predicted octanol–water partition coefficient (Wildman–Crippen LogP) is 2.74. The van der Waals surface area contributed by atoms with Gasteiger partial charge in [0, 0.05) is 5.03 Å². The molecule has 0 aromatic heterocycles. The molecule has 2 aliphatic rings. The Kier molecular flexibility index (Phi) is 4.90. The van der Waals surface area contributed by atoms with Crippen LogP contribution in [-0.2, 0) is 19.0 Å².